The Labute approximate surface area is 158 Å². The van der Waals surface area contributed by atoms with Crippen molar-refractivity contribution in [3.8, 4) is 0 Å². The van der Waals surface area contributed by atoms with Crippen molar-refractivity contribution < 1.29 is 18.4 Å². The Bertz CT molecular complexity index is 785. The number of carbonyl (C=O) groups excluding carboxylic acids is 1. The number of aliphatic imine (C=N–C) groups is 1. The molecule has 0 saturated heterocycles. The van der Waals surface area contributed by atoms with Crippen molar-refractivity contribution in [2.24, 2.45) is 10.9 Å². The standard InChI is InChI=1S/C18H25N2O4PS/c1-6-23-25(22,24-7-2)16-15(11(3)4)20-13-9-8-12(5)10-14(13)26-18(20)19-17(16)21/h8-11,15-16H,6-7H2,1-5H3/t15-,16-/m0/s1. The Morgan fingerprint density at radius 3 is 2.50 bits per heavy atom. The fraction of sp³-hybridized carbons (Fsp3) is 0.556. The summed E-state index contributed by atoms with van der Waals surface area (Å²) in [7, 11) is -3.64. The second-order valence-corrected chi connectivity index (χ2v) is 9.89. The molecule has 6 nitrogen and oxygen atoms in total. The van der Waals surface area contributed by atoms with Gasteiger partial charge in [0, 0.05) is 4.90 Å². The molecular weight excluding hydrogens is 371 g/mol. The van der Waals surface area contributed by atoms with Crippen molar-refractivity contribution in [2.45, 2.75) is 51.2 Å². The molecule has 1 aromatic rings. The number of rotatable bonds is 6. The lowest BCUT2D eigenvalue weighted by Gasteiger charge is -2.41. The number of hydrogen-bond donors (Lipinski definition) is 0. The predicted molar refractivity (Wildman–Crippen MR) is 105 cm³/mol. The first-order valence-corrected chi connectivity index (χ1v) is 11.3. The fourth-order valence-electron chi connectivity index (χ4n) is 3.51. The number of anilines is 1. The summed E-state index contributed by atoms with van der Waals surface area (Å²) in [6.07, 6.45) is 0. The van der Waals surface area contributed by atoms with Crippen LogP contribution in [0.1, 0.15) is 33.3 Å². The first-order valence-electron chi connectivity index (χ1n) is 8.91. The van der Waals surface area contributed by atoms with Gasteiger partial charge in [0.2, 0.25) is 0 Å². The summed E-state index contributed by atoms with van der Waals surface area (Å²) in [6.45, 7) is 10.0. The van der Waals surface area contributed by atoms with Crippen molar-refractivity contribution in [2.75, 3.05) is 18.1 Å². The van der Waals surface area contributed by atoms with E-state index in [-0.39, 0.29) is 25.2 Å². The lowest BCUT2D eigenvalue weighted by atomic mass is 9.96. The number of amides is 1. The summed E-state index contributed by atoms with van der Waals surface area (Å²) in [5.74, 6) is -0.367. The Morgan fingerprint density at radius 1 is 1.27 bits per heavy atom. The molecule has 0 radical (unpaired) electrons. The molecule has 2 heterocycles. The maximum Gasteiger partial charge on any atom is 0.345 e. The maximum absolute atomic E-state index is 13.5. The zero-order valence-electron chi connectivity index (χ0n) is 15.8. The quantitative estimate of drug-likeness (QED) is 0.661. The van der Waals surface area contributed by atoms with Gasteiger partial charge in [0.05, 0.1) is 24.9 Å². The molecule has 2 aliphatic rings. The molecule has 0 spiro atoms. The summed E-state index contributed by atoms with van der Waals surface area (Å²) in [6, 6.07) is 5.82. The van der Waals surface area contributed by atoms with Gasteiger partial charge in [-0.3, -0.25) is 9.36 Å². The molecular formula is C18H25N2O4PS. The van der Waals surface area contributed by atoms with Crippen LogP contribution in [0.3, 0.4) is 0 Å². The average molecular weight is 396 g/mol. The first kappa shape index (κ1) is 19.6. The summed E-state index contributed by atoms with van der Waals surface area (Å²) in [5, 5.41) is 0.644. The van der Waals surface area contributed by atoms with Crippen LogP contribution in [-0.2, 0) is 18.4 Å². The summed E-state index contributed by atoms with van der Waals surface area (Å²) >= 11 is 1.48. The molecule has 2 aliphatic heterocycles. The average Bonchev–Trinajstić information content (AvgIpc) is 2.90. The number of nitrogens with zero attached hydrogens (tertiary/aromatic N) is 2. The Balaban J connectivity index is 2.13. The predicted octanol–water partition coefficient (Wildman–Crippen LogP) is 4.46. The molecule has 1 amide bonds. The van der Waals surface area contributed by atoms with E-state index >= 15 is 0 Å². The van der Waals surface area contributed by atoms with Gasteiger partial charge in [-0.05, 0) is 56.1 Å². The van der Waals surface area contributed by atoms with Crippen LogP contribution in [0.25, 0.3) is 0 Å². The second-order valence-electron chi connectivity index (χ2n) is 6.73. The number of benzene rings is 1. The van der Waals surface area contributed by atoms with E-state index in [0.717, 1.165) is 16.1 Å². The van der Waals surface area contributed by atoms with Crippen LogP contribution >= 0.6 is 19.4 Å². The summed E-state index contributed by atoms with van der Waals surface area (Å²) < 4.78 is 24.5. The highest BCUT2D eigenvalue weighted by Gasteiger charge is 2.54. The van der Waals surface area contributed by atoms with Gasteiger partial charge in [-0.2, -0.15) is 4.99 Å². The molecule has 0 aliphatic carbocycles. The molecule has 8 heteroatoms. The van der Waals surface area contributed by atoms with Crippen LogP contribution in [0, 0.1) is 12.8 Å². The van der Waals surface area contributed by atoms with Crippen LogP contribution < -0.4 is 4.90 Å². The zero-order chi connectivity index (χ0) is 19.1. The Morgan fingerprint density at radius 2 is 1.92 bits per heavy atom. The number of carbonyl (C=O) groups is 1. The highest BCUT2D eigenvalue weighted by atomic mass is 32.2. The minimum absolute atomic E-state index is 0.0524. The van der Waals surface area contributed by atoms with Gasteiger partial charge in [-0.15, -0.1) is 0 Å². The third-order valence-electron chi connectivity index (χ3n) is 4.50. The lowest BCUT2D eigenvalue weighted by Crippen LogP contribution is -2.54. The number of aryl methyl sites for hydroxylation is 1. The summed E-state index contributed by atoms with van der Waals surface area (Å²) in [4.78, 5) is 20.3. The smallest absolute Gasteiger partial charge is 0.315 e. The monoisotopic (exact) mass is 396 g/mol. The molecule has 0 unspecified atom stereocenters. The van der Waals surface area contributed by atoms with E-state index in [2.05, 4.69) is 11.1 Å². The van der Waals surface area contributed by atoms with Crippen molar-refractivity contribution in [3.63, 3.8) is 0 Å². The molecule has 0 fully saturated rings. The number of amidine groups is 1. The van der Waals surface area contributed by atoms with Crippen LogP contribution in [0.5, 0.6) is 0 Å². The third-order valence-corrected chi connectivity index (χ3v) is 7.97. The minimum atomic E-state index is -3.64. The topological polar surface area (TPSA) is 68.2 Å². The molecule has 1 aromatic carbocycles. The van der Waals surface area contributed by atoms with Gasteiger partial charge >= 0.3 is 7.60 Å². The number of fused-ring (bicyclic) bond motifs is 3. The van der Waals surface area contributed by atoms with Gasteiger partial charge in [-0.1, -0.05) is 19.9 Å². The highest BCUT2D eigenvalue weighted by Crippen LogP contribution is 2.59. The maximum atomic E-state index is 13.5. The van der Waals surface area contributed by atoms with Crippen molar-refractivity contribution in [3.05, 3.63) is 23.8 Å². The van der Waals surface area contributed by atoms with Gasteiger partial charge in [-0.25, -0.2) is 0 Å². The SMILES string of the molecule is CCOP(=O)(OCC)[C@@H]1C(=O)N=C2Sc3cc(C)ccc3N2[C@H]1C(C)C. The van der Waals surface area contributed by atoms with Crippen LogP contribution in [0.2, 0.25) is 0 Å². The normalized spacial score (nSPS) is 22.5. The van der Waals surface area contributed by atoms with E-state index in [1.165, 1.54) is 11.8 Å². The van der Waals surface area contributed by atoms with E-state index in [0.29, 0.717) is 5.17 Å². The Hall–Kier alpha value is -1.14. The van der Waals surface area contributed by atoms with E-state index in [1.54, 1.807) is 13.8 Å². The van der Waals surface area contributed by atoms with Gasteiger partial charge in [0.1, 0.15) is 0 Å². The van der Waals surface area contributed by atoms with Crippen molar-refractivity contribution >= 4 is 36.1 Å². The van der Waals surface area contributed by atoms with E-state index in [9.17, 15) is 9.36 Å². The minimum Gasteiger partial charge on any atom is -0.315 e. The lowest BCUT2D eigenvalue weighted by molar-refractivity contribution is -0.118. The van der Waals surface area contributed by atoms with Crippen molar-refractivity contribution in [1.82, 2.24) is 0 Å². The third kappa shape index (κ3) is 3.26. The van der Waals surface area contributed by atoms with Crippen LogP contribution in [0.15, 0.2) is 28.1 Å². The molecule has 142 valence electrons. The Kier molecular flexibility index (Phi) is 5.63. The molecule has 0 bridgehead atoms. The molecule has 0 aromatic heterocycles. The van der Waals surface area contributed by atoms with Crippen LogP contribution in [-0.4, -0.2) is 36.0 Å². The number of thioether (sulfide) groups is 1. The molecule has 3 rings (SSSR count). The number of hydrogen-bond acceptors (Lipinski definition) is 6. The zero-order valence-corrected chi connectivity index (χ0v) is 17.5. The molecule has 26 heavy (non-hydrogen) atoms. The summed E-state index contributed by atoms with van der Waals surface area (Å²) in [5.41, 5.74) is 1.21. The molecule has 0 N–H and O–H groups in total. The van der Waals surface area contributed by atoms with Gasteiger partial charge < -0.3 is 13.9 Å². The fourth-order valence-corrected chi connectivity index (χ4v) is 6.97. The second kappa shape index (κ2) is 7.47. The molecule has 0 saturated carbocycles. The van der Waals surface area contributed by atoms with E-state index in [4.69, 9.17) is 9.05 Å². The van der Waals surface area contributed by atoms with E-state index in [1.807, 2.05) is 37.8 Å². The van der Waals surface area contributed by atoms with Gasteiger partial charge in [0.15, 0.2) is 10.8 Å². The van der Waals surface area contributed by atoms with E-state index < -0.39 is 19.2 Å². The highest BCUT2D eigenvalue weighted by molar-refractivity contribution is 8.14. The van der Waals surface area contributed by atoms with Gasteiger partial charge in [0.25, 0.3) is 5.91 Å². The van der Waals surface area contributed by atoms with Crippen LogP contribution in [0.4, 0.5) is 5.69 Å². The largest absolute Gasteiger partial charge is 0.345 e. The molecule has 2 atom stereocenters. The van der Waals surface area contributed by atoms with Crippen molar-refractivity contribution in [1.29, 1.82) is 0 Å². The first-order chi connectivity index (χ1) is 12.3.